The molecule has 0 saturated carbocycles. The van der Waals surface area contributed by atoms with E-state index in [1.165, 1.54) is 11.1 Å². The molecule has 2 rings (SSSR count). The van der Waals surface area contributed by atoms with Crippen LogP contribution in [0.25, 0.3) is 0 Å². The predicted octanol–water partition coefficient (Wildman–Crippen LogP) is 5.54. The number of rotatable bonds is 6. The molecule has 1 aromatic heterocycles. The number of hydrogen-bond donors (Lipinski definition) is 0. The van der Waals surface area contributed by atoms with Gasteiger partial charge in [-0.05, 0) is 65.3 Å². The molecule has 3 heteroatoms. The fraction of sp³-hybridized carbons (Fsp3) is 0.333. The zero-order valence-electron chi connectivity index (χ0n) is 10.1. The fourth-order valence-electron chi connectivity index (χ4n) is 1.99. The van der Waals surface area contributed by atoms with E-state index in [1.807, 2.05) is 0 Å². The number of aryl methyl sites for hydroxylation is 1. The van der Waals surface area contributed by atoms with Gasteiger partial charge in [0.2, 0.25) is 0 Å². The maximum Gasteiger partial charge on any atom is 0.0255 e. The first-order valence-corrected chi connectivity index (χ1v) is 8.36. The summed E-state index contributed by atoms with van der Waals surface area (Å²) in [5.74, 6) is 1.30. The van der Waals surface area contributed by atoms with Crippen LogP contribution in [0, 0.1) is 5.92 Å². The Kier molecular flexibility index (Phi) is 5.74. The van der Waals surface area contributed by atoms with Crippen LogP contribution in [0.1, 0.15) is 17.5 Å². The van der Waals surface area contributed by atoms with Crippen LogP contribution in [0.15, 0.2) is 45.6 Å². The molecule has 1 unspecified atom stereocenters. The molecule has 2 aromatic rings. The summed E-state index contributed by atoms with van der Waals surface area (Å²) in [6.07, 6.45) is 3.37. The summed E-state index contributed by atoms with van der Waals surface area (Å²) in [5.41, 5.74) is 2.81. The Hall–Kier alpha value is -0.310. The third-order valence-electron chi connectivity index (χ3n) is 3.08. The third-order valence-corrected chi connectivity index (χ3v) is 4.77. The van der Waals surface area contributed by atoms with Crippen LogP contribution in [-0.2, 0) is 12.8 Å². The number of benzene rings is 1. The van der Waals surface area contributed by atoms with Crippen LogP contribution < -0.4 is 0 Å². The number of thiophene rings is 1. The lowest BCUT2D eigenvalue weighted by Crippen LogP contribution is -2.07. The van der Waals surface area contributed by atoms with Gasteiger partial charge in [0, 0.05) is 10.4 Å². The Bertz CT molecular complexity index is 450. The second-order valence-electron chi connectivity index (χ2n) is 4.52. The van der Waals surface area contributed by atoms with Crippen molar-refractivity contribution >= 4 is 38.9 Å². The van der Waals surface area contributed by atoms with Gasteiger partial charge in [-0.1, -0.05) is 28.1 Å². The minimum absolute atomic E-state index is 0.563. The van der Waals surface area contributed by atoms with Crippen molar-refractivity contribution in [3.8, 4) is 0 Å². The molecule has 0 bridgehead atoms. The van der Waals surface area contributed by atoms with Crippen LogP contribution in [0.2, 0.25) is 0 Å². The van der Waals surface area contributed by atoms with E-state index in [2.05, 4.69) is 57.0 Å². The van der Waals surface area contributed by atoms with Gasteiger partial charge >= 0.3 is 0 Å². The first kappa shape index (κ1) is 14.1. The second kappa shape index (κ2) is 7.32. The Labute approximate surface area is 126 Å². The quantitative estimate of drug-likeness (QED) is 0.604. The minimum atomic E-state index is 0.563. The largest absolute Gasteiger partial charge is 0.152 e. The van der Waals surface area contributed by atoms with E-state index < -0.39 is 0 Å². The van der Waals surface area contributed by atoms with Gasteiger partial charge in [-0.15, -0.1) is 11.6 Å². The van der Waals surface area contributed by atoms with Crippen molar-refractivity contribution in [2.45, 2.75) is 19.3 Å². The molecular weight excluding hydrogens is 328 g/mol. The van der Waals surface area contributed by atoms with E-state index in [0.717, 1.165) is 29.6 Å². The highest BCUT2D eigenvalue weighted by atomic mass is 79.9. The molecule has 1 heterocycles. The Morgan fingerprint density at radius 3 is 2.50 bits per heavy atom. The summed E-state index contributed by atoms with van der Waals surface area (Å²) in [5, 5.41) is 4.37. The van der Waals surface area contributed by atoms with E-state index in [-0.39, 0.29) is 0 Å². The molecule has 0 aliphatic rings. The molecule has 0 amide bonds. The van der Waals surface area contributed by atoms with Gasteiger partial charge in [-0.25, -0.2) is 0 Å². The van der Waals surface area contributed by atoms with Gasteiger partial charge in [0.15, 0.2) is 0 Å². The van der Waals surface area contributed by atoms with E-state index >= 15 is 0 Å². The van der Waals surface area contributed by atoms with Gasteiger partial charge < -0.3 is 0 Å². The lowest BCUT2D eigenvalue weighted by molar-refractivity contribution is 0.537. The monoisotopic (exact) mass is 342 g/mol. The van der Waals surface area contributed by atoms with Gasteiger partial charge in [-0.3, -0.25) is 0 Å². The molecule has 0 saturated heterocycles. The third kappa shape index (κ3) is 4.42. The highest BCUT2D eigenvalue weighted by Crippen LogP contribution is 2.19. The second-order valence-corrected chi connectivity index (χ2v) is 6.53. The molecule has 1 aromatic carbocycles. The average Bonchev–Trinajstić information content (AvgIpc) is 2.90. The lowest BCUT2D eigenvalue weighted by atomic mass is 9.95. The molecule has 0 fully saturated rings. The van der Waals surface area contributed by atoms with Crippen molar-refractivity contribution in [1.29, 1.82) is 0 Å². The van der Waals surface area contributed by atoms with E-state index in [4.69, 9.17) is 11.6 Å². The number of hydrogen-bond acceptors (Lipinski definition) is 1. The van der Waals surface area contributed by atoms with Crippen LogP contribution >= 0.6 is 38.9 Å². The van der Waals surface area contributed by atoms with Crippen LogP contribution in [0.3, 0.4) is 0 Å². The Morgan fingerprint density at radius 2 is 1.89 bits per heavy atom. The summed E-state index contributed by atoms with van der Waals surface area (Å²) >= 11 is 11.3. The molecule has 1 atom stereocenters. The summed E-state index contributed by atoms with van der Waals surface area (Å²) in [6.45, 7) is 0. The average molecular weight is 344 g/mol. The first-order chi connectivity index (χ1) is 8.78. The molecule has 18 heavy (non-hydrogen) atoms. The van der Waals surface area contributed by atoms with E-state index in [9.17, 15) is 0 Å². The normalized spacial score (nSPS) is 12.6. The molecule has 0 spiro atoms. The Balaban J connectivity index is 1.87. The van der Waals surface area contributed by atoms with Crippen LogP contribution in [0.4, 0.5) is 0 Å². The highest BCUT2D eigenvalue weighted by molar-refractivity contribution is 9.10. The van der Waals surface area contributed by atoms with E-state index in [0.29, 0.717) is 5.92 Å². The lowest BCUT2D eigenvalue weighted by Gasteiger charge is -2.13. The molecule has 0 N–H and O–H groups in total. The van der Waals surface area contributed by atoms with Crippen molar-refractivity contribution in [3.63, 3.8) is 0 Å². The topological polar surface area (TPSA) is 0 Å². The summed E-state index contributed by atoms with van der Waals surface area (Å²) < 4.78 is 1.13. The van der Waals surface area contributed by atoms with Crippen molar-refractivity contribution < 1.29 is 0 Å². The SMILES string of the molecule is ClCC(CCc1ccsc1)Cc1ccc(Br)cc1. The first-order valence-electron chi connectivity index (χ1n) is 6.09. The Morgan fingerprint density at radius 1 is 1.11 bits per heavy atom. The zero-order valence-corrected chi connectivity index (χ0v) is 13.3. The van der Waals surface area contributed by atoms with Crippen molar-refractivity contribution in [2.75, 3.05) is 5.88 Å². The predicted molar refractivity (Wildman–Crippen MR) is 84.7 cm³/mol. The molecule has 0 radical (unpaired) electrons. The summed E-state index contributed by atoms with van der Waals surface area (Å²) in [7, 11) is 0. The maximum atomic E-state index is 6.08. The number of halogens is 2. The molecule has 0 aliphatic carbocycles. The van der Waals surface area contributed by atoms with Gasteiger partial charge in [0.05, 0.1) is 0 Å². The van der Waals surface area contributed by atoms with Gasteiger partial charge in [0.1, 0.15) is 0 Å². The van der Waals surface area contributed by atoms with Crippen molar-refractivity contribution in [2.24, 2.45) is 5.92 Å². The summed E-state index contributed by atoms with van der Waals surface area (Å²) in [4.78, 5) is 0. The highest BCUT2D eigenvalue weighted by Gasteiger charge is 2.09. The smallest absolute Gasteiger partial charge is 0.0255 e. The van der Waals surface area contributed by atoms with Gasteiger partial charge in [-0.2, -0.15) is 11.3 Å². The minimum Gasteiger partial charge on any atom is -0.152 e. The van der Waals surface area contributed by atoms with Crippen LogP contribution in [0.5, 0.6) is 0 Å². The van der Waals surface area contributed by atoms with Crippen LogP contribution in [-0.4, -0.2) is 5.88 Å². The molecule has 0 aliphatic heterocycles. The molecule has 0 nitrogen and oxygen atoms in total. The molecule has 96 valence electrons. The standard InChI is InChI=1S/C15H16BrClS/c16-15-5-3-12(4-6-15)9-14(10-17)2-1-13-7-8-18-11-13/h3-8,11,14H,1-2,9-10H2. The maximum absolute atomic E-state index is 6.08. The zero-order chi connectivity index (χ0) is 12.8. The van der Waals surface area contributed by atoms with Crippen molar-refractivity contribution in [3.05, 3.63) is 56.7 Å². The summed E-state index contributed by atoms with van der Waals surface area (Å²) in [6, 6.07) is 10.7. The van der Waals surface area contributed by atoms with Crippen molar-refractivity contribution in [1.82, 2.24) is 0 Å². The molecular formula is C15H16BrClS. The number of alkyl halides is 1. The fourth-order valence-corrected chi connectivity index (χ4v) is 3.22. The van der Waals surface area contributed by atoms with E-state index in [1.54, 1.807) is 11.3 Å². The van der Waals surface area contributed by atoms with Gasteiger partial charge in [0.25, 0.3) is 0 Å².